The quantitative estimate of drug-likeness (QED) is 0.740. The van der Waals surface area contributed by atoms with Gasteiger partial charge in [-0.25, -0.2) is 0 Å². The third kappa shape index (κ3) is 1.53. The van der Waals surface area contributed by atoms with Crippen molar-refractivity contribution in [2.45, 2.75) is 0 Å². The molecule has 0 unspecified atom stereocenters. The van der Waals surface area contributed by atoms with Crippen LogP contribution < -0.4 is 0 Å². The van der Waals surface area contributed by atoms with Crippen LogP contribution in [0.4, 0.5) is 0 Å². The van der Waals surface area contributed by atoms with Crippen molar-refractivity contribution in [1.82, 2.24) is 4.57 Å². The Balaban J connectivity index is 2.49. The summed E-state index contributed by atoms with van der Waals surface area (Å²) in [4.78, 5) is 0. The van der Waals surface area contributed by atoms with Crippen molar-refractivity contribution < 1.29 is 5.11 Å². The van der Waals surface area contributed by atoms with Crippen LogP contribution in [-0.4, -0.2) is 9.67 Å². The number of phenolic OH excluding ortho intramolecular Hbond substituents is 1. The van der Waals surface area contributed by atoms with Crippen molar-refractivity contribution >= 4 is 11.6 Å². The topological polar surface area (TPSA) is 25.2 Å². The van der Waals surface area contributed by atoms with Gasteiger partial charge in [-0.1, -0.05) is 11.6 Å². The second kappa shape index (κ2) is 3.15. The highest BCUT2D eigenvalue weighted by atomic mass is 35.5. The minimum Gasteiger partial charge on any atom is -0.506 e. The minimum atomic E-state index is 0.109. The van der Waals surface area contributed by atoms with E-state index in [0.29, 0.717) is 5.02 Å². The van der Waals surface area contributed by atoms with Gasteiger partial charge in [-0.15, -0.1) is 0 Å². The smallest absolute Gasteiger partial charge is 0.134 e. The van der Waals surface area contributed by atoms with Crippen molar-refractivity contribution in [2.24, 2.45) is 0 Å². The van der Waals surface area contributed by atoms with E-state index in [2.05, 4.69) is 0 Å². The molecule has 0 amide bonds. The van der Waals surface area contributed by atoms with Crippen molar-refractivity contribution in [2.75, 3.05) is 0 Å². The fourth-order valence-electron chi connectivity index (χ4n) is 1.16. The third-order valence-corrected chi connectivity index (χ3v) is 2.14. The maximum Gasteiger partial charge on any atom is 0.134 e. The zero-order chi connectivity index (χ0) is 9.26. The molecule has 0 saturated carbocycles. The van der Waals surface area contributed by atoms with Gasteiger partial charge in [0, 0.05) is 18.1 Å². The average Bonchev–Trinajstić information content (AvgIpc) is 2.62. The van der Waals surface area contributed by atoms with E-state index in [1.807, 2.05) is 29.1 Å². The number of halogens is 1. The van der Waals surface area contributed by atoms with Gasteiger partial charge >= 0.3 is 0 Å². The Kier molecular flexibility index (Phi) is 1.99. The predicted octanol–water partition coefficient (Wildman–Crippen LogP) is 2.84. The normalized spacial score (nSPS) is 10.2. The van der Waals surface area contributed by atoms with Gasteiger partial charge in [0.15, 0.2) is 0 Å². The Bertz CT molecular complexity index is 409. The number of phenols is 1. The number of nitrogens with zero attached hydrogens (tertiary/aromatic N) is 1. The first kappa shape index (κ1) is 8.20. The molecule has 1 N–H and O–H groups in total. The second-order valence-electron chi connectivity index (χ2n) is 2.73. The van der Waals surface area contributed by atoms with Gasteiger partial charge in [-0.3, -0.25) is 0 Å². The molecule has 2 rings (SSSR count). The molecule has 2 aromatic rings. The molecule has 66 valence electrons. The van der Waals surface area contributed by atoms with Crippen molar-refractivity contribution in [1.29, 1.82) is 0 Å². The Morgan fingerprint density at radius 1 is 1.15 bits per heavy atom. The van der Waals surface area contributed by atoms with Crippen molar-refractivity contribution in [3.63, 3.8) is 0 Å². The van der Waals surface area contributed by atoms with E-state index in [9.17, 15) is 5.11 Å². The fraction of sp³-hybridized carbons (Fsp3) is 0. The summed E-state index contributed by atoms with van der Waals surface area (Å²) in [6.45, 7) is 0. The minimum absolute atomic E-state index is 0.109. The average molecular weight is 194 g/mol. The highest BCUT2D eigenvalue weighted by molar-refractivity contribution is 6.32. The van der Waals surface area contributed by atoms with Gasteiger partial charge in [0.1, 0.15) is 5.75 Å². The molecule has 0 fully saturated rings. The molecule has 0 aliphatic heterocycles. The summed E-state index contributed by atoms with van der Waals surface area (Å²) in [5, 5.41) is 9.57. The lowest BCUT2D eigenvalue weighted by molar-refractivity contribution is 0.475. The molecular formula is C10H8ClNO. The Morgan fingerprint density at radius 3 is 2.46 bits per heavy atom. The largest absolute Gasteiger partial charge is 0.506 e. The molecule has 0 aliphatic carbocycles. The molecule has 0 bridgehead atoms. The third-order valence-electron chi connectivity index (χ3n) is 1.83. The van der Waals surface area contributed by atoms with Gasteiger partial charge in [0.25, 0.3) is 0 Å². The first-order chi connectivity index (χ1) is 6.27. The Hall–Kier alpha value is -1.41. The van der Waals surface area contributed by atoms with Gasteiger partial charge < -0.3 is 9.67 Å². The molecule has 0 radical (unpaired) electrons. The SMILES string of the molecule is Oc1ccc(-n2cccc2)cc1Cl. The lowest BCUT2D eigenvalue weighted by Gasteiger charge is -2.03. The maximum atomic E-state index is 9.20. The number of rotatable bonds is 1. The van der Waals surface area contributed by atoms with E-state index in [-0.39, 0.29) is 5.75 Å². The van der Waals surface area contributed by atoms with Crippen LogP contribution in [0.2, 0.25) is 5.02 Å². The van der Waals surface area contributed by atoms with Crippen molar-refractivity contribution in [3.8, 4) is 11.4 Å². The van der Waals surface area contributed by atoms with E-state index in [1.54, 1.807) is 18.2 Å². The molecule has 0 atom stereocenters. The van der Waals surface area contributed by atoms with E-state index in [0.717, 1.165) is 5.69 Å². The molecular weight excluding hydrogens is 186 g/mol. The predicted molar refractivity (Wildman–Crippen MR) is 52.4 cm³/mol. The Labute approximate surface area is 81.0 Å². The maximum absolute atomic E-state index is 9.20. The van der Waals surface area contributed by atoms with E-state index >= 15 is 0 Å². The van der Waals surface area contributed by atoms with Crippen LogP contribution in [0, 0.1) is 0 Å². The molecule has 1 aromatic heterocycles. The first-order valence-electron chi connectivity index (χ1n) is 3.89. The fourth-order valence-corrected chi connectivity index (χ4v) is 1.34. The van der Waals surface area contributed by atoms with Crippen LogP contribution in [0.15, 0.2) is 42.7 Å². The highest BCUT2D eigenvalue weighted by Gasteiger charge is 1.99. The summed E-state index contributed by atoms with van der Waals surface area (Å²) in [6, 6.07) is 8.97. The summed E-state index contributed by atoms with van der Waals surface area (Å²) < 4.78 is 1.92. The molecule has 0 spiro atoms. The zero-order valence-electron chi connectivity index (χ0n) is 6.81. The van der Waals surface area contributed by atoms with Crippen LogP contribution in [0.1, 0.15) is 0 Å². The van der Waals surface area contributed by atoms with Crippen LogP contribution in [-0.2, 0) is 0 Å². The highest BCUT2D eigenvalue weighted by Crippen LogP contribution is 2.25. The number of aromatic hydroxyl groups is 1. The first-order valence-corrected chi connectivity index (χ1v) is 4.27. The Morgan fingerprint density at radius 2 is 1.85 bits per heavy atom. The second-order valence-corrected chi connectivity index (χ2v) is 3.13. The lowest BCUT2D eigenvalue weighted by Crippen LogP contribution is -1.88. The summed E-state index contributed by atoms with van der Waals surface area (Å²) in [6.07, 6.45) is 3.84. The number of hydrogen-bond acceptors (Lipinski definition) is 1. The summed E-state index contributed by atoms with van der Waals surface area (Å²) >= 11 is 5.77. The number of aromatic nitrogens is 1. The zero-order valence-corrected chi connectivity index (χ0v) is 7.57. The van der Waals surface area contributed by atoms with E-state index in [4.69, 9.17) is 11.6 Å². The molecule has 2 nitrogen and oxygen atoms in total. The summed E-state index contributed by atoms with van der Waals surface area (Å²) in [7, 11) is 0. The summed E-state index contributed by atoms with van der Waals surface area (Å²) in [5.41, 5.74) is 0.938. The van der Waals surface area contributed by atoms with Gasteiger partial charge in [-0.2, -0.15) is 0 Å². The summed E-state index contributed by atoms with van der Waals surface area (Å²) in [5.74, 6) is 0.109. The van der Waals surface area contributed by atoms with Crippen LogP contribution >= 0.6 is 11.6 Å². The van der Waals surface area contributed by atoms with Gasteiger partial charge in [-0.05, 0) is 30.3 Å². The monoisotopic (exact) mass is 193 g/mol. The van der Waals surface area contributed by atoms with Crippen molar-refractivity contribution in [3.05, 3.63) is 47.7 Å². The molecule has 13 heavy (non-hydrogen) atoms. The van der Waals surface area contributed by atoms with E-state index < -0.39 is 0 Å². The molecule has 0 saturated heterocycles. The standard InChI is InChI=1S/C10H8ClNO/c11-9-7-8(3-4-10(9)13)12-5-1-2-6-12/h1-7,13H. The molecule has 1 aromatic carbocycles. The van der Waals surface area contributed by atoms with Gasteiger partial charge in [0.2, 0.25) is 0 Å². The van der Waals surface area contributed by atoms with Gasteiger partial charge in [0.05, 0.1) is 5.02 Å². The van der Waals surface area contributed by atoms with Crippen LogP contribution in [0.5, 0.6) is 5.75 Å². The molecule has 0 aliphatic rings. The van der Waals surface area contributed by atoms with E-state index in [1.165, 1.54) is 0 Å². The van der Waals surface area contributed by atoms with Crippen LogP contribution in [0.25, 0.3) is 5.69 Å². The number of benzene rings is 1. The molecule has 3 heteroatoms. The lowest BCUT2D eigenvalue weighted by atomic mass is 10.3. The van der Waals surface area contributed by atoms with Crippen LogP contribution in [0.3, 0.4) is 0 Å². The number of hydrogen-bond donors (Lipinski definition) is 1. The molecule has 1 heterocycles.